The third-order valence-corrected chi connectivity index (χ3v) is 3.63. The van der Waals surface area contributed by atoms with Crippen molar-refractivity contribution in [2.24, 2.45) is 0 Å². The van der Waals surface area contributed by atoms with E-state index < -0.39 is 11.7 Å². The Balaban J connectivity index is 1.65. The Bertz CT molecular complexity index is 943. The maximum atomic E-state index is 12.3. The molecular formula is C20H15NO4. The summed E-state index contributed by atoms with van der Waals surface area (Å²) in [5, 5.41) is 0. The number of ether oxygens (including phenoxy) is 1. The zero-order valence-corrected chi connectivity index (χ0v) is 13.3. The number of pyridine rings is 1. The first kappa shape index (κ1) is 16.4. The van der Waals surface area contributed by atoms with Crippen molar-refractivity contribution in [2.75, 3.05) is 0 Å². The van der Waals surface area contributed by atoms with Crippen LogP contribution >= 0.6 is 0 Å². The van der Waals surface area contributed by atoms with E-state index in [1.54, 1.807) is 48.5 Å². The van der Waals surface area contributed by atoms with Crippen LogP contribution in [0.4, 0.5) is 4.79 Å². The van der Waals surface area contributed by atoms with Gasteiger partial charge in [0, 0.05) is 23.4 Å². The van der Waals surface area contributed by atoms with Crippen molar-refractivity contribution < 1.29 is 14.3 Å². The molecule has 0 amide bonds. The number of nitrogens with zero attached hydrogens (tertiary/aromatic N) is 1. The fraction of sp³-hybridized carbons (Fsp3) is 0.0500. The van der Waals surface area contributed by atoms with Crippen molar-refractivity contribution >= 4 is 11.9 Å². The van der Waals surface area contributed by atoms with Crippen LogP contribution in [0.3, 0.4) is 0 Å². The summed E-state index contributed by atoms with van der Waals surface area (Å²) in [5.41, 5.74) is 1.45. The SMILES string of the molecule is O=C(c1ccccc1)c1ccc(COC(=O)n2ccccc2=O)cc1. The molecule has 0 aliphatic heterocycles. The number of ketones is 1. The van der Waals surface area contributed by atoms with Gasteiger partial charge in [-0.1, -0.05) is 60.7 Å². The number of carbonyl (C=O) groups excluding carboxylic acids is 2. The van der Waals surface area contributed by atoms with Gasteiger partial charge in [-0.2, -0.15) is 0 Å². The van der Waals surface area contributed by atoms with Crippen molar-refractivity contribution in [2.45, 2.75) is 6.61 Å². The molecule has 0 N–H and O–H groups in total. The molecule has 3 aromatic rings. The van der Waals surface area contributed by atoms with Gasteiger partial charge in [0.1, 0.15) is 6.61 Å². The summed E-state index contributed by atoms with van der Waals surface area (Å²) in [6.07, 6.45) is 0.613. The van der Waals surface area contributed by atoms with E-state index in [0.29, 0.717) is 11.1 Å². The topological polar surface area (TPSA) is 65.4 Å². The first-order valence-corrected chi connectivity index (χ1v) is 7.68. The molecule has 0 spiro atoms. The molecule has 3 rings (SSSR count). The molecule has 0 aliphatic carbocycles. The van der Waals surface area contributed by atoms with Gasteiger partial charge in [-0.3, -0.25) is 9.59 Å². The maximum absolute atomic E-state index is 12.3. The van der Waals surface area contributed by atoms with E-state index in [0.717, 1.165) is 10.1 Å². The number of rotatable bonds is 4. The van der Waals surface area contributed by atoms with Crippen LogP contribution in [0.1, 0.15) is 21.5 Å². The lowest BCUT2D eigenvalue weighted by Gasteiger charge is -2.07. The second kappa shape index (κ2) is 7.40. The highest BCUT2D eigenvalue weighted by atomic mass is 16.5. The van der Waals surface area contributed by atoms with Gasteiger partial charge in [0.25, 0.3) is 5.56 Å². The van der Waals surface area contributed by atoms with Gasteiger partial charge in [-0.05, 0) is 11.6 Å². The normalized spacial score (nSPS) is 10.2. The fourth-order valence-electron chi connectivity index (χ4n) is 2.30. The second-order valence-corrected chi connectivity index (χ2v) is 5.36. The van der Waals surface area contributed by atoms with Crippen LogP contribution in [0, 0.1) is 0 Å². The predicted molar refractivity (Wildman–Crippen MR) is 92.6 cm³/mol. The molecule has 124 valence electrons. The van der Waals surface area contributed by atoms with Crippen LogP contribution in [-0.2, 0) is 11.3 Å². The van der Waals surface area contributed by atoms with E-state index in [1.807, 2.05) is 18.2 Å². The van der Waals surface area contributed by atoms with E-state index in [-0.39, 0.29) is 12.4 Å². The Morgan fingerprint density at radius 2 is 1.44 bits per heavy atom. The first-order chi connectivity index (χ1) is 12.1. The summed E-state index contributed by atoms with van der Waals surface area (Å²) in [4.78, 5) is 35.8. The number of benzene rings is 2. The Kier molecular flexibility index (Phi) is 4.85. The highest BCUT2D eigenvalue weighted by Gasteiger charge is 2.10. The molecule has 0 unspecified atom stereocenters. The Morgan fingerprint density at radius 3 is 2.12 bits per heavy atom. The van der Waals surface area contributed by atoms with Crippen molar-refractivity contribution in [3.63, 3.8) is 0 Å². The summed E-state index contributed by atoms with van der Waals surface area (Å²) in [6.45, 7) is 0.0139. The molecule has 1 heterocycles. The van der Waals surface area contributed by atoms with E-state index in [2.05, 4.69) is 0 Å². The van der Waals surface area contributed by atoms with E-state index in [1.165, 1.54) is 12.3 Å². The van der Waals surface area contributed by atoms with Crippen LogP contribution < -0.4 is 5.56 Å². The van der Waals surface area contributed by atoms with Gasteiger partial charge in [0.05, 0.1) is 0 Å². The molecule has 0 saturated heterocycles. The quantitative estimate of drug-likeness (QED) is 0.687. The number of carbonyl (C=O) groups is 2. The van der Waals surface area contributed by atoms with Crippen LogP contribution in [0.15, 0.2) is 83.8 Å². The molecule has 25 heavy (non-hydrogen) atoms. The van der Waals surface area contributed by atoms with Crippen molar-refractivity contribution in [1.29, 1.82) is 0 Å². The molecule has 2 aromatic carbocycles. The molecule has 1 aromatic heterocycles. The van der Waals surface area contributed by atoms with Gasteiger partial charge in [-0.15, -0.1) is 0 Å². The van der Waals surface area contributed by atoms with Gasteiger partial charge >= 0.3 is 6.09 Å². The van der Waals surface area contributed by atoms with Gasteiger partial charge in [-0.25, -0.2) is 9.36 Å². The summed E-state index contributed by atoms with van der Waals surface area (Å²) < 4.78 is 6.02. The molecule has 0 atom stereocenters. The lowest BCUT2D eigenvalue weighted by Crippen LogP contribution is -2.26. The van der Waals surface area contributed by atoms with E-state index in [4.69, 9.17) is 4.74 Å². The van der Waals surface area contributed by atoms with Crippen LogP contribution in [0.5, 0.6) is 0 Å². The highest BCUT2D eigenvalue weighted by molar-refractivity contribution is 6.08. The Hall–Kier alpha value is -3.47. The minimum Gasteiger partial charge on any atom is -0.444 e. The third kappa shape index (κ3) is 3.90. The smallest absolute Gasteiger partial charge is 0.421 e. The standard InChI is InChI=1S/C20H15NO4/c22-18-8-4-5-13-21(18)20(24)25-14-15-9-11-17(12-10-15)19(23)16-6-2-1-3-7-16/h1-13H,14H2. The lowest BCUT2D eigenvalue weighted by atomic mass is 10.0. The summed E-state index contributed by atoms with van der Waals surface area (Å²) in [5.74, 6) is -0.0695. The molecule has 5 heteroatoms. The Labute approximate surface area is 144 Å². The zero-order valence-electron chi connectivity index (χ0n) is 13.3. The van der Waals surface area contributed by atoms with E-state index in [9.17, 15) is 14.4 Å². The van der Waals surface area contributed by atoms with Crippen LogP contribution in [0.2, 0.25) is 0 Å². The van der Waals surface area contributed by atoms with Crippen molar-refractivity contribution in [3.05, 3.63) is 106 Å². The minimum atomic E-state index is -0.741. The predicted octanol–water partition coefficient (Wildman–Crippen LogP) is 3.26. The monoisotopic (exact) mass is 333 g/mol. The second-order valence-electron chi connectivity index (χ2n) is 5.36. The van der Waals surface area contributed by atoms with Gasteiger partial charge in [0.15, 0.2) is 5.78 Å². The fourth-order valence-corrected chi connectivity index (χ4v) is 2.30. The Morgan fingerprint density at radius 1 is 0.800 bits per heavy atom. The largest absolute Gasteiger partial charge is 0.444 e. The molecule has 0 bridgehead atoms. The third-order valence-electron chi connectivity index (χ3n) is 3.63. The summed E-state index contributed by atoms with van der Waals surface area (Å²) >= 11 is 0. The number of aromatic nitrogens is 1. The van der Waals surface area contributed by atoms with Gasteiger partial charge < -0.3 is 4.74 Å². The van der Waals surface area contributed by atoms with Gasteiger partial charge in [0.2, 0.25) is 0 Å². The summed E-state index contributed by atoms with van der Waals surface area (Å²) in [6, 6.07) is 20.2. The molecule has 0 saturated carbocycles. The summed E-state index contributed by atoms with van der Waals surface area (Å²) in [7, 11) is 0. The maximum Gasteiger partial charge on any atom is 0.421 e. The van der Waals surface area contributed by atoms with Crippen molar-refractivity contribution in [3.8, 4) is 0 Å². The first-order valence-electron chi connectivity index (χ1n) is 7.68. The molecule has 5 nitrogen and oxygen atoms in total. The van der Waals surface area contributed by atoms with E-state index >= 15 is 0 Å². The average Bonchev–Trinajstić information content (AvgIpc) is 2.67. The minimum absolute atomic E-state index is 0.0139. The van der Waals surface area contributed by atoms with Crippen LogP contribution in [-0.4, -0.2) is 16.4 Å². The molecular weight excluding hydrogens is 318 g/mol. The highest BCUT2D eigenvalue weighted by Crippen LogP contribution is 2.12. The van der Waals surface area contributed by atoms with Crippen LogP contribution in [0.25, 0.3) is 0 Å². The number of hydrogen-bond acceptors (Lipinski definition) is 4. The molecule has 0 fully saturated rings. The average molecular weight is 333 g/mol. The zero-order chi connectivity index (χ0) is 17.6. The number of hydrogen-bond donors (Lipinski definition) is 0. The molecule has 0 radical (unpaired) electrons. The van der Waals surface area contributed by atoms with Crippen molar-refractivity contribution in [1.82, 2.24) is 4.57 Å². The lowest BCUT2D eigenvalue weighted by molar-refractivity contribution is 0.103. The molecule has 0 aliphatic rings.